The predicted molar refractivity (Wildman–Crippen MR) is 107 cm³/mol. The van der Waals surface area contributed by atoms with Crippen molar-refractivity contribution in [3.63, 3.8) is 0 Å². The molecule has 0 aliphatic rings. The number of hydrogen-bond donors (Lipinski definition) is 1. The number of hydrogen-bond acceptors (Lipinski definition) is 2. The van der Waals surface area contributed by atoms with Crippen LogP contribution in [0.5, 0.6) is 5.75 Å². The van der Waals surface area contributed by atoms with Gasteiger partial charge in [-0.25, -0.2) is 0 Å². The first-order chi connectivity index (χ1) is 17.1. The molecule has 0 aliphatic carbocycles. The Kier molecular flexibility index (Phi) is 8.39. The van der Waals surface area contributed by atoms with Crippen molar-refractivity contribution in [3.05, 3.63) is 65.7 Å². The van der Waals surface area contributed by atoms with Gasteiger partial charge in [-0.15, -0.1) is 0 Å². The van der Waals surface area contributed by atoms with E-state index in [1.54, 1.807) is 6.92 Å². The summed E-state index contributed by atoms with van der Waals surface area (Å²) in [5, 5.41) is 11.1. The van der Waals surface area contributed by atoms with Crippen LogP contribution in [0.2, 0.25) is 0 Å². The molecule has 0 saturated heterocycles. The Labute approximate surface area is 207 Å². The van der Waals surface area contributed by atoms with Gasteiger partial charge in [0.25, 0.3) is 0 Å². The fraction of sp³-hybridized carbons (Fsp3) is 0.478. The van der Waals surface area contributed by atoms with Gasteiger partial charge in [0.2, 0.25) is 0 Å². The third kappa shape index (κ3) is 5.13. The van der Waals surface area contributed by atoms with Crippen LogP contribution in [0, 0.1) is 0 Å². The summed E-state index contributed by atoms with van der Waals surface area (Å²) < 4.78 is 182. The first kappa shape index (κ1) is 31.5. The number of rotatable bonds is 11. The summed E-state index contributed by atoms with van der Waals surface area (Å²) in [6.45, 7) is 1.91. The average Bonchev–Trinajstić information content (AvgIpc) is 2.82. The number of benzene rings is 2. The second kappa shape index (κ2) is 10.1. The molecule has 2 rings (SSSR count). The summed E-state index contributed by atoms with van der Waals surface area (Å²) in [5.41, 5.74) is -4.66. The number of halogens is 13. The van der Waals surface area contributed by atoms with Gasteiger partial charge in [-0.3, -0.25) is 0 Å². The molecule has 0 spiro atoms. The molecule has 2 aromatic carbocycles. The van der Waals surface area contributed by atoms with Crippen molar-refractivity contribution in [2.45, 2.75) is 61.2 Å². The van der Waals surface area contributed by atoms with Crippen LogP contribution >= 0.6 is 0 Å². The summed E-state index contributed by atoms with van der Waals surface area (Å²) in [6.07, 6.45) is -9.80. The van der Waals surface area contributed by atoms with Crippen LogP contribution in [-0.2, 0) is 5.60 Å². The molecule has 2 nitrogen and oxygen atoms in total. The fourth-order valence-corrected chi connectivity index (χ4v) is 3.37. The molecule has 1 atom stereocenters. The van der Waals surface area contributed by atoms with Crippen molar-refractivity contribution in [3.8, 4) is 5.75 Å². The zero-order valence-corrected chi connectivity index (χ0v) is 19.1. The minimum Gasteiger partial charge on any atom is -0.494 e. The molecule has 214 valence electrons. The lowest BCUT2D eigenvalue weighted by Gasteiger charge is -2.42. The monoisotopic (exact) mass is 574 g/mol. The molecule has 0 aliphatic heterocycles. The van der Waals surface area contributed by atoms with Crippen LogP contribution < -0.4 is 4.74 Å². The van der Waals surface area contributed by atoms with E-state index in [1.165, 1.54) is 6.07 Å². The van der Waals surface area contributed by atoms with Gasteiger partial charge in [-0.1, -0.05) is 49.4 Å². The van der Waals surface area contributed by atoms with Gasteiger partial charge in [0.1, 0.15) is 11.4 Å². The van der Waals surface area contributed by atoms with Crippen molar-refractivity contribution < 1.29 is 66.9 Å². The van der Waals surface area contributed by atoms with E-state index in [0.717, 1.165) is 48.5 Å². The van der Waals surface area contributed by atoms with Crippen LogP contribution in [0.15, 0.2) is 54.6 Å². The minimum absolute atomic E-state index is 0.101. The maximum atomic E-state index is 14.8. The van der Waals surface area contributed by atoms with Gasteiger partial charge in [0.05, 0.1) is 13.0 Å². The quantitative estimate of drug-likeness (QED) is 0.277. The average molecular weight is 574 g/mol. The molecule has 15 heteroatoms. The van der Waals surface area contributed by atoms with Crippen molar-refractivity contribution in [2.75, 3.05) is 6.61 Å². The van der Waals surface area contributed by atoms with Gasteiger partial charge in [0, 0.05) is 0 Å². The normalized spacial score (nSPS) is 15.8. The second-order valence-electron chi connectivity index (χ2n) is 8.28. The van der Waals surface area contributed by atoms with Gasteiger partial charge in [0.15, 0.2) is 0 Å². The second-order valence-corrected chi connectivity index (χ2v) is 8.28. The molecule has 0 heterocycles. The van der Waals surface area contributed by atoms with E-state index >= 15 is 0 Å². The summed E-state index contributed by atoms with van der Waals surface area (Å²) in [6, 6.07) is 9.08. The molecule has 38 heavy (non-hydrogen) atoms. The topological polar surface area (TPSA) is 29.5 Å². The largest absolute Gasteiger partial charge is 0.494 e. The van der Waals surface area contributed by atoms with Crippen LogP contribution in [-0.4, -0.2) is 47.5 Å². The van der Waals surface area contributed by atoms with E-state index in [1.807, 2.05) is 0 Å². The highest BCUT2D eigenvalue weighted by molar-refractivity contribution is 5.39. The summed E-state index contributed by atoms with van der Waals surface area (Å²) in [4.78, 5) is 0. The van der Waals surface area contributed by atoms with E-state index in [2.05, 4.69) is 0 Å². The van der Waals surface area contributed by atoms with Crippen molar-refractivity contribution in [1.82, 2.24) is 0 Å². The van der Waals surface area contributed by atoms with Gasteiger partial charge in [-0.2, -0.15) is 57.1 Å². The van der Waals surface area contributed by atoms with Gasteiger partial charge >= 0.3 is 35.8 Å². The highest BCUT2D eigenvalue weighted by Gasteiger charge is 2.90. The highest BCUT2D eigenvalue weighted by atomic mass is 19.4. The Bertz CT molecular complexity index is 1070. The Morgan fingerprint density at radius 2 is 1.05 bits per heavy atom. The van der Waals surface area contributed by atoms with Gasteiger partial charge < -0.3 is 9.84 Å². The number of alkyl halides is 13. The van der Waals surface area contributed by atoms with Crippen LogP contribution in [0.25, 0.3) is 0 Å². The van der Waals surface area contributed by atoms with E-state index in [0.29, 0.717) is 6.42 Å². The summed E-state index contributed by atoms with van der Waals surface area (Å²) >= 11 is 0. The zero-order valence-electron chi connectivity index (χ0n) is 19.1. The lowest BCUT2D eigenvalue weighted by Crippen LogP contribution is -2.70. The molecule has 0 radical (unpaired) electrons. The maximum Gasteiger partial charge on any atom is 0.460 e. The van der Waals surface area contributed by atoms with E-state index in [9.17, 15) is 62.2 Å². The fourth-order valence-electron chi connectivity index (χ4n) is 3.37. The van der Waals surface area contributed by atoms with Crippen LogP contribution in [0.4, 0.5) is 57.1 Å². The molecular formula is C23H19F13O2. The maximum absolute atomic E-state index is 14.8. The number of aliphatic hydroxyl groups is 1. The molecule has 0 saturated carbocycles. The first-order valence-electron chi connectivity index (χ1n) is 10.6. The highest BCUT2D eigenvalue weighted by Crippen LogP contribution is 2.61. The van der Waals surface area contributed by atoms with Crippen LogP contribution in [0.1, 0.15) is 30.9 Å². The number of ether oxygens (including phenoxy) is 1. The van der Waals surface area contributed by atoms with Gasteiger partial charge in [-0.05, 0) is 29.7 Å². The third-order valence-corrected chi connectivity index (χ3v) is 5.53. The molecule has 1 unspecified atom stereocenters. The molecule has 0 aromatic heterocycles. The summed E-state index contributed by atoms with van der Waals surface area (Å²) in [7, 11) is 0. The molecule has 0 amide bonds. The van der Waals surface area contributed by atoms with E-state index < -0.39 is 58.9 Å². The minimum atomic E-state index is -8.02. The van der Waals surface area contributed by atoms with Crippen molar-refractivity contribution in [1.29, 1.82) is 0 Å². The van der Waals surface area contributed by atoms with E-state index in [4.69, 9.17) is 4.74 Å². The molecule has 2 aromatic rings. The zero-order chi connectivity index (χ0) is 29.4. The molecule has 1 N–H and O–H groups in total. The first-order valence-corrected chi connectivity index (χ1v) is 10.6. The van der Waals surface area contributed by atoms with E-state index in [-0.39, 0.29) is 12.4 Å². The Hall–Kier alpha value is -2.71. The van der Waals surface area contributed by atoms with Crippen molar-refractivity contribution >= 4 is 0 Å². The standard InChI is InChI=1S/C23H19F13O2/c1-2-12-38-16-10-8-15(9-11-16)17(37,14-6-4-3-5-7-14)13-18(24,25)19(26,27)20(28,29)21(30,31)22(32,33)23(34,35)36/h3-11,37H,2,12-13H2,1H3. The third-order valence-electron chi connectivity index (χ3n) is 5.53. The smallest absolute Gasteiger partial charge is 0.460 e. The SMILES string of the molecule is CCCOc1ccc(C(O)(CC(F)(F)C(F)(F)C(F)(F)C(F)(F)C(F)(F)C(F)(F)F)c2ccccc2)cc1. The molecule has 0 bridgehead atoms. The Balaban J connectivity index is 2.62. The van der Waals surface area contributed by atoms with Crippen LogP contribution in [0.3, 0.4) is 0 Å². The molecular weight excluding hydrogens is 555 g/mol. The predicted octanol–water partition coefficient (Wildman–Crippen LogP) is 7.84. The lowest BCUT2D eigenvalue weighted by atomic mass is 9.79. The summed E-state index contributed by atoms with van der Waals surface area (Å²) in [5.74, 6) is -37.7. The molecule has 0 fully saturated rings. The van der Waals surface area contributed by atoms with Crippen molar-refractivity contribution in [2.24, 2.45) is 0 Å². The lowest BCUT2D eigenvalue weighted by molar-refractivity contribution is -0.441. The Morgan fingerprint density at radius 1 is 0.605 bits per heavy atom. The Morgan fingerprint density at radius 3 is 1.50 bits per heavy atom.